The minimum Gasteiger partial charge on any atom is -0.494 e. The third kappa shape index (κ3) is 2.40. The number of benzene rings is 1. The van der Waals surface area contributed by atoms with Crippen LogP contribution in [0.2, 0.25) is 0 Å². The summed E-state index contributed by atoms with van der Waals surface area (Å²) in [6.45, 7) is 1.92. The van der Waals surface area contributed by atoms with E-state index in [0.717, 1.165) is 5.76 Å². The van der Waals surface area contributed by atoms with Gasteiger partial charge in [0.2, 0.25) is 0 Å². The lowest BCUT2D eigenvalue weighted by Crippen LogP contribution is -2.08. The molecule has 1 aromatic carbocycles. The summed E-state index contributed by atoms with van der Waals surface area (Å²) in [4.78, 5) is 0. The van der Waals surface area contributed by atoms with E-state index in [1.165, 1.54) is 19.2 Å². The molecule has 0 saturated heterocycles. The quantitative estimate of drug-likeness (QED) is 0.818. The number of nitrogens with two attached hydrogens (primary N) is 1. The predicted molar refractivity (Wildman–Crippen MR) is 68.1 cm³/mol. The first kappa shape index (κ1) is 12.3. The van der Waals surface area contributed by atoms with Gasteiger partial charge in [-0.2, -0.15) is 0 Å². The van der Waals surface area contributed by atoms with E-state index < -0.39 is 5.82 Å². The third-order valence-electron chi connectivity index (χ3n) is 2.67. The van der Waals surface area contributed by atoms with Crippen molar-refractivity contribution in [1.29, 1.82) is 0 Å². The van der Waals surface area contributed by atoms with Crippen molar-refractivity contribution in [2.45, 2.75) is 13.0 Å². The lowest BCUT2D eigenvalue weighted by molar-refractivity contribution is 0.387. The number of rotatable bonds is 4. The molecule has 3 N–H and O–H groups in total. The van der Waals surface area contributed by atoms with Gasteiger partial charge in [0.25, 0.3) is 0 Å². The van der Waals surface area contributed by atoms with Gasteiger partial charge in [-0.05, 0) is 19.1 Å². The van der Waals surface area contributed by atoms with Crippen LogP contribution in [0.4, 0.5) is 15.8 Å². The lowest BCUT2D eigenvalue weighted by Gasteiger charge is -2.16. The molecule has 18 heavy (non-hydrogen) atoms. The van der Waals surface area contributed by atoms with Gasteiger partial charge in [0.1, 0.15) is 5.76 Å². The second kappa shape index (κ2) is 5.00. The van der Waals surface area contributed by atoms with Crippen molar-refractivity contribution in [3.8, 4) is 5.75 Å². The second-order valence-electron chi connectivity index (χ2n) is 3.96. The van der Waals surface area contributed by atoms with Crippen LogP contribution in [0.3, 0.4) is 0 Å². The topological polar surface area (TPSA) is 60.4 Å². The fourth-order valence-electron chi connectivity index (χ4n) is 1.69. The molecule has 4 nitrogen and oxygen atoms in total. The molecule has 0 saturated carbocycles. The highest BCUT2D eigenvalue weighted by atomic mass is 19.1. The summed E-state index contributed by atoms with van der Waals surface area (Å²) in [5.41, 5.74) is 6.69. The van der Waals surface area contributed by atoms with Crippen LogP contribution in [0.5, 0.6) is 5.75 Å². The SMILES string of the molecule is COc1cc(NC(C)c2ccco2)c(N)cc1F. The Morgan fingerprint density at radius 2 is 2.22 bits per heavy atom. The third-order valence-corrected chi connectivity index (χ3v) is 2.67. The Balaban J connectivity index is 2.23. The van der Waals surface area contributed by atoms with Crippen molar-refractivity contribution in [3.05, 3.63) is 42.1 Å². The Hall–Kier alpha value is -2.17. The fraction of sp³-hybridized carbons (Fsp3) is 0.231. The molecule has 1 aromatic heterocycles. The molecule has 1 atom stereocenters. The maximum atomic E-state index is 13.4. The van der Waals surface area contributed by atoms with E-state index in [1.54, 1.807) is 6.26 Å². The van der Waals surface area contributed by atoms with Gasteiger partial charge in [-0.25, -0.2) is 4.39 Å². The molecule has 5 heteroatoms. The average molecular weight is 250 g/mol. The molecule has 0 aliphatic rings. The number of halogens is 1. The molecule has 0 bridgehead atoms. The molecular weight excluding hydrogens is 235 g/mol. The number of methoxy groups -OCH3 is 1. The largest absolute Gasteiger partial charge is 0.494 e. The van der Waals surface area contributed by atoms with E-state index in [2.05, 4.69) is 5.32 Å². The number of hydrogen-bond acceptors (Lipinski definition) is 4. The Morgan fingerprint density at radius 3 is 2.83 bits per heavy atom. The number of ether oxygens (including phenoxy) is 1. The first-order valence-corrected chi connectivity index (χ1v) is 5.54. The zero-order valence-electron chi connectivity index (χ0n) is 10.2. The standard InChI is InChI=1S/C13H15FN2O2/c1-8(12-4-3-5-18-12)16-11-7-13(17-2)9(14)6-10(11)15/h3-8,16H,15H2,1-2H3. The lowest BCUT2D eigenvalue weighted by atomic mass is 10.2. The molecule has 2 aromatic rings. The van der Waals surface area contributed by atoms with E-state index in [0.29, 0.717) is 11.4 Å². The zero-order chi connectivity index (χ0) is 13.1. The first-order valence-electron chi connectivity index (χ1n) is 5.54. The smallest absolute Gasteiger partial charge is 0.167 e. The summed E-state index contributed by atoms with van der Waals surface area (Å²) in [5, 5.41) is 3.15. The number of hydrogen-bond donors (Lipinski definition) is 2. The Labute approximate surface area is 105 Å². The second-order valence-corrected chi connectivity index (χ2v) is 3.96. The van der Waals surface area contributed by atoms with E-state index in [1.807, 2.05) is 19.1 Å². The fourth-order valence-corrected chi connectivity index (χ4v) is 1.69. The number of nitrogens with one attached hydrogen (secondary N) is 1. The van der Waals surface area contributed by atoms with Crippen molar-refractivity contribution < 1.29 is 13.5 Å². The minimum atomic E-state index is -0.480. The Morgan fingerprint density at radius 1 is 1.44 bits per heavy atom. The van der Waals surface area contributed by atoms with Crippen molar-refractivity contribution in [2.24, 2.45) is 0 Å². The van der Waals surface area contributed by atoms with Crippen molar-refractivity contribution in [1.82, 2.24) is 0 Å². The van der Waals surface area contributed by atoms with E-state index in [-0.39, 0.29) is 11.8 Å². The maximum absolute atomic E-state index is 13.4. The summed E-state index contributed by atoms with van der Waals surface area (Å²) in [7, 11) is 1.41. The molecule has 1 heterocycles. The van der Waals surface area contributed by atoms with Gasteiger partial charge < -0.3 is 20.2 Å². The molecule has 2 rings (SSSR count). The summed E-state index contributed by atoms with van der Waals surface area (Å²) in [6.07, 6.45) is 1.60. The Bertz CT molecular complexity index is 526. The van der Waals surface area contributed by atoms with Crippen LogP contribution in [0.1, 0.15) is 18.7 Å². The molecular formula is C13H15FN2O2. The molecule has 0 fully saturated rings. The van der Waals surface area contributed by atoms with Crippen LogP contribution < -0.4 is 15.8 Å². The zero-order valence-corrected chi connectivity index (χ0v) is 10.2. The molecule has 96 valence electrons. The van der Waals surface area contributed by atoms with Crippen LogP contribution in [-0.2, 0) is 0 Å². The van der Waals surface area contributed by atoms with Gasteiger partial charge in [0, 0.05) is 12.1 Å². The summed E-state index contributed by atoms with van der Waals surface area (Å²) in [6, 6.07) is 6.36. The van der Waals surface area contributed by atoms with Crippen LogP contribution in [0.15, 0.2) is 34.9 Å². The first-order chi connectivity index (χ1) is 8.61. The maximum Gasteiger partial charge on any atom is 0.167 e. The normalized spacial score (nSPS) is 12.2. The molecule has 0 aliphatic carbocycles. The van der Waals surface area contributed by atoms with E-state index in [9.17, 15) is 4.39 Å². The number of nitrogen functional groups attached to an aromatic ring is 1. The molecule has 0 aliphatic heterocycles. The van der Waals surface area contributed by atoms with Crippen LogP contribution in [-0.4, -0.2) is 7.11 Å². The summed E-state index contributed by atoms with van der Waals surface area (Å²) in [5.74, 6) is 0.447. The van der Waals surface area contributed by atoms with Gasteiger partial charge in [0.15, 0.2) is 11.6 Å². The van der Waals surface area contributed by atoms with Crippen molar-refractivity contribution >= 4 is 11.4 Å². The van der Waals surface area contributed by atoms with Crippen molar-refractivity contribution in [2.75, 3.05) is 18.2 Å². The highest BCUT2D eigenvalue weighted by Crippen LogP contribution is 2.30. The van der Waals surface area contributed by atoms with Crippen molar-refractivity contribution in [3.63, 3.8) is 0 Å². The van der Waals surface area contributed by atoms with Gasteiger partial charge in [-0.15, -0.1) is 0 Å². The predicted octanol–water partition coefficient (Wildman–Crippen LogP) is 3.18. The molecule has 0 amide bonds. The monoisotopic (exact) mass is 250 g/mol. The van der Waals surface area contributed by atoms with Gasteiger partial charge >= 0.3 is 0 Å². The van der Waals surface area contributed by atoms with Crippen LogP contribution in [0.25, 0.3) is 0 Å². The summed E-state index contributed by atoms with van der Waals surface area (Å²) < 4.78 is 23.6. The minimum absolute atomic E-state index is 0.0718. The van der Waals surface area contributed by atoms with Gasteiger partial charge in [0.05, 0.1) is 30.8 Å². The van der Waals surface area contributed by atoms with Crippen LogP contribution >= 0.6 is 0 Å². The average Bonchev–Trinajstić information content (AvgIpc) is 2.86. The number of furan rings is 1. The van der Waals surface area contributed by atoms with E-state index in [4.69, 9.17) is 14.9 Å². The molecule has 0 spiro atoms. The highest BCUT2D eigenvalue weighted by molar-refractivity contribution is 5.69. The molecule has 0 radical (unpaired) electrons. The Kier molecular flexibility index (Phi) is 3.41. The van der Waals surface area contributed by atoms with Crippen LogP contribution in [0, 0.1) is 5.82 Å². The highest BCUT2D eigenvalue weighted by Gasteiger charge is 2.13. The summed E-state index contributed by atoms with van der Waals surface area (Å²) >= 11 is 0. The van der Waals surface area contributed by atoms with Gasteiger partial charge in [-0.1, -0.05) is 0 Å². The van der Waals surface area contributed by atoms with E-state index >= 15 is 0 Å². The number of anilines is 2. The van der Waals surface area contributed by atoms with Gasteiger partial charge in [-0.3, -0.25) is 0 Å². The molecule has 1 unspecified atom stereocenters.